The topological polar surface area (TPSA) is 133 Å². The van der Waals surface area contributed by atoms with Crippen LogP contribution in [0.3, 0.4) is 0 Å². The summed E-state index contributed by atoms with van der Waals surface area (Å²) < 4.78 is 21.8. The summed E-state index contributed by atoms with van der Waals surface area (Å²) in [5.41, 5.74) is 7.56. The molecule has 3 aromatic heterocycles. The molecule has 0 spiro atoms. The molecule has 0 atom stereocenters. The summed E-state index contributed by atoms with van der Waals surface area (Å²) in [4.78, 5) is 25.1. The smallest absolute Gasteiger partial charge is 0.324 e. The molecule has 0 saturated carbocycles. The maximum absolute atomic E-state index is 14.6. The highest BCUT2D eigenvalue weighted by molar-refractivity contribution is 5.99. The Kier molecular flexibility index (Phi) is 6.33. The normalized spacial score (nSPS) is 11.4. The van der Waals surface area contributed by atoms with Crippen LogP contribution >= 0.6 is 0 Å². The number of carbonyl (C=O) groups excluding carboxylic acids is 1. The van der Waals surface area contributed by atoms with Crippen LogP contribution < -0.4 is 21.1 Å². The van der Waals surface area contributed by atoms with Crippen molar-refractivity contribution < 1.29 is 13.9 Å². The molecule has 0 aliphatic heterocycles. The Balaban J connectivity index is 1.41. The molecule has 5 rings (SSSR count). The van der Waals surface area contributed by atoms with E-state index in [0.29, 0.717) is 5.82 Å². The Labute approximate surface area is 217 Å². The number of halogens is 1. The number of hydrogen-bond acceptors (Lipinski definition) is 7. The molecule has 11 heteroatoms. The van der Waals surface area contributed by atoms with Crippen LogP contribution in [0.2, 0.25) is 0 Å². The summed E-state index contributed by atoms with van der Waals surface area (Å²) in [5.74, 6) is 0.255. The van der Waals surface area contributed by atoms with E-state index in [1.165, 1.54) is 30.5 Å². The van der Waals surface area contributed by atoms with Gasteiger partial charge in [0.25, 0.3) is 0 Å². The van der Waals surface area contributed by atoms with Crippen LogP contribution in [0.15, 0.2) is 73.1 Å². The lowest BCUT2D eigenvalue weighted by Gasteiger charge is -2.14. The standard InChI is InChI=1S/C27H25FN8O2/c1-27(2,3)22-15-23(36(35-22)17-6-9-20-16(13-17)5-4-11-30-20)33-26(37)32-21-14-18(7-8-19(21)28)38-24-10-12-31-25(29)34-24/h4-15H,1-3H3,(H2,29,31,34)(H2,32,33,37). The van der Waals surface area contributed by atoms with E-state index in [9.17, 15) is 9.18 Å². The van der Waals surface area contributed by atoms with Crippen molar-refractivity contribution in [3.05, 3.63) is 84.6 Å². The number of amides is 2. The highest BCUT2D eigenvalue weighted by Gasteiger charge is 2.22. The third kappa shape index (κ3) is 5.36. The fourth-order valence-corrected chi connectivity index (χ4v) is 3.70. The molecule has 0 saturated heterocycles. The number of nitrogen functional groups attached to an aromatic ring is 1. The number of nitrogens with two attached hydrogens (primary N) is 1. The van der Waals surface area contributed by atoms with Crippen LogP contribution in [0.4, 0.5) is 26.6 Å². The second-order valence-corrected chi connectivity index (χ2v) is 9.53. The summed E-state index contributed by atoms with van der Waals surface area (Å²) in [7, 11) is 0. The Morgan fingerprint density at radius 3 is 2.63 bits per heavy atom. The number of fused-ring (bicyclic) bond motifs is 1. The van der Waals surface area contributed by atoms with Crippen molar-refractivity contribution >= 4 is 34.4 Å². The van der Waals surface area contributed by atoms with Gasteiger partial charge >= 0.3 is 6.03 Å². The molecule has 0 aliphatic carbocycles. The SMILES string of the molecule is CC(C)(C)c1cc(NC(=O)Nc2cc(Oc3ccnc(N)n3)ccc2F)n(-c2ccc3ncccc3c2)n1. The van der Waals surface area contributed by atoms with E-state index in [2.05, 4.69) is 25.6 Å². The van der Waals surface area contributed by atoms with E-state index in [-0.39, 0.29) is 28.7 Å². The first-order valence-electron chi connectivity index (χ1n) is 11.8. The number of hydrogen-bond donors (Lipinski definition) is 3. The molecule has 0 aliphatic rings. The zero-order valence-corrected chi connectivity index (χ0v) is 20.9. The van der Waals surface area contributed by atoms with Gasteiger partial charge in [0.1, 0.15) is 17.4 Å². The van der Waals surface area contributed by atoms with E-state index in [1.807, 2.05) is 51.1 Å². The molecule has 2 aromatic carbocycles. The number of carbonyl (C=O) groups is 1. The first kappa shape index (κ1) is 24.6. The van der Waals surface area contributed by atoms with Gasteiger partial charge in [-0.25, -0.2) is 18.9 Å². The molecule has 0 bridgehead atoms. The van der Waals surface area contributed by atoms with E-state index in [1.54, 1.807) is 16.9 Å². The molecule has 10 nitrogen and oxygen atoms in total. The Bertz CT molecular complexity index is 1640. The molecular weight excluding hydrogens is 487 g/mol. The van der Waals surface area contributed by atoms with Crippen molar-refractivity contribution in [2.24, 2.45) is 0 Å². The molecule has 192 valence electrons. The maximum atomic E-state index is 14.6. The number of nitrogens with zero attached hydrogens (tertiary/aromatic N) is 5. The first-order chi connectivity index (χ1) is 18.2. The Hall–Kier alpha value is -5.06. The Morgan fingerprint density at radius 1 is 1.00 bits per heavy atom. The van der Waals surface area contributed by atoms with E-state index in [4.69, 9.17) is 15.6 Å². The van der Waals surface area contributed by atoms with Gasteiger partial charge < -0.3 is 15.8 Å². The lowest BCUT2D eigenvalue weighted by Crippen LogP contribution is -2.22. The second-order valence-electron chi connectivity index (χ2n) is 9.53. The molecule has 5 aromatic rings. The molecule has 4 N–H and O–H groups in total. The summed E-state index contributed by atoms with van der Waals surface area (Å²) in [6.45, 7) is 6.08. The molecule has 0 unspecified atom stereocenters. The number of urea groups is 1. The zero-order valence-electron chi connectivity index (χ0n) is 20.9. The summed E-state index contributed by atoms with van der Waals surface area (Å²) in [5, 5.41) is 11.0. The van der Waals surface area contributed by atoms with Crippen molar-refractivity contribution in [3.8, 4) is 17.3 Å². The van der Waals surface area contributed by atoms with E-state index in [0.717, 1.165) is 22.3 Å². The minimum absolute atomic E-state index is 0.0382. The number of benzene rings is 2. The lowest BCUT2D eigenvalue weighted by molar-refractivity contribution is 0.262. The van der Waals surface area contributed by atoms with E-state index >= 15 is 0 Å². The number of anilines is 3. The van der Waals surface area contributed by atoms with Gasteiger partial charge in [0.05, 0.1) is 22.6 Å². The van der Waals surface area contributed by atoms with Crippen molar-refractivity contribution in [1.82, 2.24) is 24.7 Å². The van der Waals surface area contributed by atoms with E-state index < -0.39 is 11.8 Å². The minimum atomic E-state index is -0.656. The van der Waals surface area contributed by atoms with Crippen molar-refractivity contribution in [1.29, 1.82) is 0 Å². The minimum Gasteiger partial charge on any atom is -0.439 e. The molecule has 3 heterocycles. The van der Waals surface area contributed by atoms with Gasteiger partial charge in [0.15, 0.2) is 0 Å². The summed E-state index contributed by atoms with van der Waals surface area (Å²) >= 11 is 0. The van der Waals surface area contributed by atoms with Gasteiger partial charge in [-0.3, -0.25) is 10.3 Å². The number of pyridine rings is 1. The average molecular weight is 513 g/mol. The highest BCUT2D eigenvalue weighted by atomic mass is 19.1. The van der Waals surface area contributed by atoms with Crippen LogP contribution in [-0.2, 0) is 5.41 Å². The molecule has 2 amide bonds. The molecular formula is C27H25FN8O2. The quantitative estimate of drug-likeness (QED) is 0.276. The van der Waals surface area contributed by atoms with Crippen molar-refractivity contribution in [3.63, 3.8) is 0 Å². The van der Waals surface area contributed by atoms with Gasteiger partial charge in [-0.2, -0.15) is 10.1 Å². The van der Waals surface area contributed by atoms with Crippen LogP contribution in [0, 0.1) is 5.82 Å². The first-order valence-corrected chi connectivity index (χ1v) is 11.8. The van der Waals surface area contributed by atoms with Crippen LogP contribution in [-0.4, -0.2) is 30.8 Å². The molecule has 0 radical (unpaired) electrons. The maximum Gasteiger partial charge on any atom is 0.324 e. The average Bonchev–Trinajstić information content (AvgIpc) is 3.30. The summed E-state index contributed by atoms with van der Waals surface area (Å²) in [6.07, 6.45) is 3.17. The van der Waals surface area contributed by atoms with Gasteiger partial charge in [0.2, 0.25) is 11.8 Å². The second kappa shape index (κ2) is 9.77. The number of aromatic nitrogens is 5. The van der Waals surface area contributed by atoms with Gasteiger partial charge in [-0.05, 0) is 36.4 Å². The van der Waals surface area contributed by atoms with Crippen LogP contribution in [0.1, 0.15) is 26.5 Å². The Morgan fingerprint density at radius 2 is 1.84 bits per heavy atom. The van der Waals surface area contributed by atoms with Gasteiger partial charge in [-0.1, -0.05) is 26.8 Å². The monoisotopic (exact) mass is 512 g/mol. The van der Waals surface area contributed by atoms with Crippen LogP contribution in [0.25, 0.3) is 16.6 Å². The number of rotatable bonds is 5. The van der Waals surface area contributed by atoms with Crippen molar-refractivity contribution in [2.75, 3.05) is 16.4 Å². The number of nitrogens with one attached hydrogen (secondary N) is 2. The van der Waals surface area contributed by atoms with Gasteiger partial charge in [-0.15, -0.1) is 0 Å². The predicted octanol–water partition coefficient (Wildman–Crippen LogP) is 5.67. The fourth-order valence-electron chi connectivity index (χ4n) is 3.70. The molecule has 38 heavy (non-hydrogen) atoms. The van der Waals surface area contributed by atoms with Crippen LogP contribution in [0.5, 0.6) is 11.6 Å². The largest absolute Gasteiger partial charge is 0.439 e. The molecule has 0 fully saturated rings. The van der Waals surface area contributed by atoms with Gasteiger partial charge in [0, 0.05) is 41.4 Å². The third-order valence-electron chi connectivity index (χ3n) is 5.61. The predicted molar refractivity (Wildman–Crippen MR) is 143 cm³/mol. The summed E-state index contributed by atoms with van der Waals surface area (Å²) in [6, 6.07) is 16.1. The fraction of sp³-hybridized carbons (Fsp3) is 0.148. The number of ether oxygens (including phenoxy) is 1. The third-order valence-corrected chi connectivity index (χ3v) is 5.61. The zero-order chi connectivity index (χ0) is 26.9. The highest BCUT2D eigenvalue weighted by Crippen LogP contribution is 2.29. The van der Waals surface area contributed by atoms with Crippen molar-refractivity contribution in [2.45, 2.75) is 26.2 Å². The lowest BCUT2D eigenvalue weighted by atomic mass is 9.92.